The van der Waals surface area contributed by atoms with Gasteiger partial charge in [-0.3, -0.25) is 9.69 Å². The molecule has 1 aliphatic carbocycles. The first-order valence-electron chi connectivity index (χ1n) is 27.9. The quantitative estimate of drug-likeness (QED) is 0.0725. The van der Waals surface area contributed by atoms with E-state index in [1.165, 1.54) is 60.0 Å². The maximum absolute atomic E-state index is 14.3. The molecule has 79 heavy (non-hydrogen) atoms. The third-order valence-electron chi connectivity index (χ3n) is 16.3. The number of carbonyl (C=O) groups excluding carboxylic acids is 1. The minimum atomic E-state index is -6.07. The van der Waals surface area contributed by atoms with Gasteiger partial charge in [0.05, 0.1) is 17.2 Å². The lowest BCUT2D eigenvalue weighted by Gasteiger charge is -2.44. The lowest BCUT2D eigenvalue weighted by atomic mass is 9.71. The second-order valence-electron chi connectivity index (χ2n) is 22.3. The van der Waals surface area contributed by atoms with Gasteiger partial charge in [0.2, 0.25) is 0 Å². The molecule has 21 heteroatoms. The number of piperidine rings is 1. The van der Waals surface area contributed by atoms with E-state index in [0.29, 0.717) is 44.5 Å². The molecule has 4 saturated heterocycles. The number of hydrogen-bond acceptors (Lipinski definition) is 14. The summed E-state index contributed by atoms with van der Waals surface area (Å²) in [5.74, 6) is 0.154. The number of hydrogen-bond donors (Lipinski definition) is 3. The number of amides is 1. The molecule has 4 aromatic rings. The number of rotatable bonds is 20. The first kappa shape index (κ1) is 59.4. The first-order chi connectivity index (χ1) is 37.9. The third-order valence-corrected chi connectivity index (χ3v) is 20.6. The molecule has 9 rings (SSSR count). The zero-order valence-electron chi connectivity index (χ0n) is 45.2. The summed E-state index contributed by atoms with van der Waals surface area (Å²) in [5, 5.41) is 7.25. The topological polar surface area (TPSA) is 147 Å². The van der Waals surface area contributed by atoms with E-state index in [9.17, 15) is 34.8 Å². The standard InChI is InChI=1S/C58H76ClF3N8O6S3/c1-57(43-69-29-27-67(28-30-69)40-44-19-23-63-24-20-44)22-18-53(45-8-12-48(59)13-9-45)47(39-57)41-68-31-33-70(34-32-68)50-14-10-46(11-15-50)56(71)65-79(74,75)52-16-17-54(55(38-52)78(72,73)58(60,61)62)64-49(42-77-51-6-3-2-4-7-51)21-26-66-25-5-36-76-37-35-66/h2-4,6-17,38,44,49,63-64H,5,18-37,39-43H2,1H3,(H,65,71)/t49-,57-/m1/s1. The summed E-state index contributed by atoms with van der Waals surface area (Å²) in [6.45, 7) is 18.7. The monoisotopic (exact) mass is 1170 g/mol. The fourth-order valence-corrected chi connectivity index (χ4v) is 15.0. The lowest BCUT2D eigenvalue weighted by Crippen LogP contribution is -2.51. The van der Waals surface area contributed by atoms with Crippen molar-refractivity contribution in [2.75, 3.05) is 134 Å². The Hall–Kier alpha value is -4.22. The van der Waals surface area contributed by atoms with E-state index in [1.807, 2.05) is 47.2 Å². The minimum absolute atomic E-state index is 0.00298. The van der Waals surface area contributed by atoms with Gasteiger partial charge in [0.15, 0.2) is 0 Å². The fraction of sp³-hybridized carbons (Fsp3) is 0.534. The predicted molar refractivity (Wildman–Crippen MR) is 309 cm³/mol. The van der Waals surface area contributed by atoms with Crippen LogP contribution in [0.1, 0.15) is 67.8 Å². The molecule has 0 unspecified atom stereocenters. The number of ether oxygens (including phenoxy) is 1. The highest BCUT2D eigenvalue weighted by molar-refractivity contribution is 7.99. The van der Waals surface area contributed by atoms with Crippen LogP contribution in [0.4, 0.5) is 24.5 Å². The van der Waals surface area contributed by atoms with E-state index in [2.05, 4.69) is 54.2 Å². The maximum atomic E-state index is 14.3. The number of nitrogens with one attached hydrogen (secondary N) is 3. The fourth-order valence-electron chi connectivity index (χ4n) is 11.8. The van der Waals surface area contributed by atoms with Crippen molar-refractivity contribution in [1.82, 2.24) is 29.6 Å². The molecule has 4 heterocycles. The summed E-state index contributed by atoms with van der Waals surface area (Å²) >= 11 is 7.81. The smallest absolute Gasteiger partial charge is 0.380 e. The summed E-state index contributed by atoms with van der Waals surface area (Å²) in [7, 11) is -10.9. The molecule has 430 valence electrons. The second kappa shape index (κ2) is 26.8. The van der Waals surface area contributed by atoms with Crippen molar-refractivity contribution in [3.05, 3.63) is 119 Å². The molecule has 0 radical (unpaired) electrons. The van der Waals surface area contributed by atoms with Gasteiger partial charge in [0.1, 0.15) is 4.90 Å². The van der Waals surface area contributed by atoms with Gasteiger partial charge in [-0.1, -0.05) is 54.4 Å². The normalized spacial score (nSPS) is 21.7. The molecular weight excluding hydrogens is 1090 g/mol. The summed E-state index contributed by atoms with van der Waals surface area (Å²) in [6.07, 6.45) is 6.99. The van der Waals surface area contributed by atoms with Crippen molar-refractivity contribution in [2.45, 2.75) is 78.1 Å². The van der Waals surface area contributed by atoms with Crippen LogP contribution >= 0.6 is 23.4 Å². The Kier molecular flexibility index (Phi) is 20.1. The Morgan fingerprint density at radius 3 is 2.23 bits per heavy atom. The number of benzene rings is 4. The zero-order chi connectivity index (χ0) is 55.6. The van der Waals surface area contributed by atoms with Crippen molar-refractivity contribution in [1.29, 1.82) is 0 Å². The number of piperazine rings is 2. The molecule has 3 N–H and O–H groups in total. The highest BCUT2D eigenvalue weighted by Crippen LogP contribution is 2.44. The van der Waals surface area contributed by atoms with Crippen LogP contribution in [0.2, 0.25) is 5.02 Å². The van der Waals surface area contributed by atoms with Gasteiger partial charge in [0.25, 0.3) is 25.8 Å². The molecule has 4 aromatic carbocycles. The van der Waals surface area contributed by atoms with Crippen molar-refractivity contribution in [2.24, 2.45) is 11.3 Å². The van der Waals surface area contributed by atoms with Gasteiger partial charge in [-0.15, -0.1) is 11.8 Å². The maximum Gasteiger partial charge on any atom is 0.501 e. The summed E-state index contributed by atoms with van der Waals surface area (Å²) in [5.41, 5.74) is -0.991. The number of sulfone groups is 1. The van der Waals surface area contributed by atoms with Crippen LogP contribution in [-0.4, -0.2) is 178 Å². The van der Waals surface area contributed by atoms with E-state index < -0.39 is 52.8 Å². The van der Waals surface area contributed by atoms with Crippen molar-refractivity contribution >= 4 is 66.1 Å². The summed E-state index contributed by atoms with van der Waals surface area (Å²) in [6, 6.07) is 26.1. The molecule has 4 aliphatic heterocycles. The molecule has 4 fully saturated rings. The van der Waals surface area contributed by atoms with Crippen molar-refractivity contribution < 1.29 is 39.5 Å². The van der Waals surface area contributed by atoms with Crippen LogP contribution in [0.15, 0.2) is 117 Å². The SMILES string of the molecule is C[C@@]1(CN2CCN(CC3CCNCC3)CC2)CCC(c2ccc(Cl)cc2)=C(CN2CCN(c3ccc(C(=O)NS(=O)(=O)c4ccc(N[C@H](CCN5CCCOCC5)CSc5ccccc5)c(S(=O)(=O)C(F)(F)F)c4)cc3)CC2)C1. The Labute approximate surface area is 474 Å². The number of anilines is 2. The number of nitrogens with zero attached hydrogens (tertiary/aromatic N) is 5. The van der Waals surface area contributed by atoms with Crippen LogP contribution in [0.3, 0.4) is 0 Å². The number of allylic oxidation sites excluding steroid dienone is 1. The Bertz CT molecular complexity index is 2910. The van der Waals surface area contributed by atoms with E-state index >= 15 is 0 Å². The largest absolute Gasteiger partial charge is 0.501 e. The van der Waals surface area contributed by atoms with Crippen LogP contribution < -0.4 is 20.3 Å². The van der Waals surface area contributed by atoms with E-state index in [-0.39, 0.29) is 11.0 Å². The number of thioether (sulfide) groups is 1. The number of sulfonamides is 1. The molecule has 0 saturated carbocycles. The molecule has 0 aromatic heterocycles. The van der Waals surface area contributed by atoms with Gasteiger partial charge >= 0.3 is 5.51 Å². The zero-order valence-corrected chi connectivity index (χ0v) is 48.4. The third kappa shape index (κ3) is 16.1. The van der Waals surface area contributed by atoms with Crippen LogP contribution in [0.5, 0.6) is 0 Å². The van der Waals surface area contributed by atoms with Crippen molar-refractivity contribution in [3.8, 4) is 0 Å². The predicted octanol–water partition coefficient (Wildman–Crippen LogP) is 8.82. The lowest BCUT2D eigenvalue weighted by molar-refractivity contribution is -0.0435. The number of halogens is 4. The Balaban J connectivity index is 0.824. The average molecular weight is 1170 g/mol. The van der Waals surface area contributed by atoms with Gasteiger partial charge < -0.3 is 35.0 Å². The minimum Gasteiger partial charge on any atom is -0.380 e. The second-order valence-corrected chi connectivity index (χ2v) is 27.4. The number of carbonyl (C=O) groups is 1. The van der Waals surface area contributed by atoms with Gasteiger partial charge in [0, 0.05) is 131 Å². The van der Waals surface area contributed by atoms with Crippen LogP contribution in [-0.2, 0) is 24.6 Å². The molecule has 0 bridgehead atoms. The van der Waals surface area contributed by atoms with Gasteiger partial charge in [-0.2, -0.15) is 13.2 Å². The van der Waals surface area contributed by atoms with Crippen LogP contribution in [0.25, 0.3) is 5.57 Å². The molecule has 14 nitrogen and oxygen atoms in total. The molecule has 1 amide bonds. The highest BCUT2D eigenvalue weighted by atomic mass is 35.5. The Morgan fingerprint density at radius 2 is 1.52 bits per heavy atom. The average Bonchev–Trinajstić information content (AvgIpc) is 3.79. The summed E-state index contributed by atoms with van der Waals surface area (Å²) in [4.78, 5) is 24.7. The molecular formula is C58H76ClF3N8O6S3. The van der Waals surface area contributed by atoms with Crippen molar-refractivity contribution in [3.63, 3.8) is 0 Å². The van der Waals surface area contributed by atoms with E-state index in [4.69, 9.17) is 16.3 Å². The van der Waals surface area contributed by atoms with Crippen LogP contribution in [0, 0.1) is 11.3 Å². The molecule has 0 spiro atoms. The molecule has 2 atom stereocenters. The first-order valence-corrected chi connectivity index (χ1v) is 32.2. The highest BCUT2D eigenvalue weighted by Gasteiger charge is 2.48. The number of alkyl halides is 3. The van der Waals surface area contributed by atoms with E-state index in [0.717, 1.165) is 144 Å². The van der Waals surface area contributed by atoms with E-state index in [1.54, 1.807) is 12.1 Å². The van der Waals surface area contributed by atoms with Gasteiger partial charge in [-0.05, 0) is 147 Å². The molecule has 5 aliphatic rings. The Morgan fingerprint density at radius 1 is 0.823 bits per heavy atom. The van der Waals surface area contributed by atoms with Gasteiger partial charge in [-0.25, -0.2) is 21.6 Å². The summed E-state index contributed by atoms with van der Waals surface area (Å²) < 4.78 is 104.